The second-order valence-electron chi connectivity index (χ2n) is 10.8. The van der Waals surface area contributed by atoms with Gasteiger partial charge in [-0.2, -0.15) is 0 Å². The highest BCUT2D eigenvalue weighted by molar-refractivity contribution is 5.13. The van der Waals surface area contributed by atoms with Crippen molar-refractivity contribution < 1.29 is 4.48 Å². The Balaban J connectivity index is 3.29. The lowest BCUT2D eigenvalue weighted by atomic mass is 9.90. The molecule has 0 amide bonds. The third kappa shape index (κ3) is 11.4. The molecule has 0 N–H and O–H groups in total. The van der Waals surface area contributed by atoms with E-state index < -0.39 is 0 Å². The Morgan fingerprint density at radius 1 is 0.562 bits per heavy atom. The van der Waals surface area contributed by atoms with Gasteiger partial charge in [0.25, 0.3) is 0 Å². The van der Waals surface area contributed by atoms with Crippen molar-refractivity contribution in [3.8, 4) is 0 Å². The van der Waals surface area contributed by atoms with Crippen molar-refractivity contribution in [1.29, 1.82) is 0 Å². The smallest absolute Gasteiger partial charge is 0.104 e. The summed E-state index contributed by atoms with van der Waals surface area (Å²) >= 11 is 0. The summed E-state index contributed by atoms with van der Waals surface area (Å²) in [5.74, 6) is 2.60. The fourth-order valence-corrected chi connectivity index (χ4v) is 5.78. The van der Waals surface area contributed by atoms with Gasteiger partial charge in [0.05, 0.1) is 19.6 Å². The van der Waals surface area contributed by atoms with E-state index in [9.17, 15) is 0 Å². The van der Waals surface area contributed by atoms with Crippen LogP contribution in [-0.2, 0) is 6.54 Å². The van der Waals surface area contributed by atoms with Gasteiger partial charge in [0.1, 0.15) is 6.54 Å². The third-order valence-corrected chi connectivity index (χ3v) is 7.93. The van der Waals surface area contributed by atoms with Crippen molar-refractivity contribution in [2.24, 2.45) is 17.8 Å². The molecule has 1 heteroatoms. The molecule has 0 radical (unpaired) electrons. The van der Waals surface area contributed by atoms with E-state index in [0.29, 0.717) is 0 Å². The lowest BCUT2D eigenvalue weighted by Crippen LogP contribution is -2.55. The van der Waals surface area contributed by atoms with E-state index in [4.69, 9.17) is 0 Å². The highest BCUT2D eigenvalue weighted by Gasteiger charge is 2.35. The van der Waals surface area contributed by atoms with Gasteiger partial charge in [0.2, 0.25) is 0 Å². The van der Waals surface area contributed by atoms with Gasteiger partial charge >= 0.3 is 0 Å². The molecule has 1 rings (SSSR count). The van der Waals surface area contributed by atoms with Crippen molar-refractivity contribution in [2.45, 2.75) is 125 Å². The molecule has 0 aromatic heterocycles. The summed E-state index contributed by atoms with van der Waals surface area (Å²) in [7, 11) is 0. The van der Waals surface area contributed by atoms with Crippen molar-refractivity contribution in [3.05, 3.63) is 35.9 Å². The molecule has 0 unspecified atom stereocenters. The Morgan fingerprint density at radius 2 is 0.938 bits per heavy atom. The molecule has 3 atom stereocenters. The van der Waals surface area contributed by atoms with Crippen LogP contribution >= 0.6 is 0 Å². The molecule has 0 spiro atoms. The molecule has 1 aromatic rings. The van der Waals surface area contributed by atoms with Crippen LogP contribution in [-0.4, -0.2) is 24.1 Å². The number of unbranched alkanes of at least 4 members (excludes halogenated alkanes) is 3. The molecule has 1 nitrogen and oxygen atoms in total. The van der Waals surface area contributed by atoms with Crippen LogP contribution in [0, 0.1) is 17.8 Å². The average Bonchev–Trinajstić information content (AvgIpc) is 2.82. The monoisotopic (exact) mass is 444 g/mol. The Labute approximate surface area is 203 Å². The van der Waals surface area contributed by atoms with Gasteiger partial charge in [-0.25, -0.2) is 0 Å². The fraction of sp³-hybridized carbons (Fsp3) is 0.806. The molecular weight excluding hydrogens is 386 g/mol. The van der Waals surface area contributed by atoms with E-state index >= 15 is 0 Å². The van der Waals surface area contributed by atoms with Crippen LogP contribution in [0.1, 0.15) is 124 Å². The number of nitrogens with zero attached hydrogens (tertiary/aromatic N) is 1. The normalized spacial score (nSPS) is 14.9. The number of quaternary nitrogens is 1. The van der Waals surface area contributed by atoms with Crippen molar-refractivity contribution in [1.82, 2.24) is 0 Å². The first kappa shape index (κ1) is 29.2. The number of hydrogen-bond donors (Lipinski definition) is 0. The standard InChI is InChI=1S/C31H58N/c1-7-13-19-28(10-4)24-32(25-29(11-5)20-14-8-2,26-30(12-6)21-15-9-3)27-31-22-17-16-18-23-31/h16-18,22-23,28-30H,7-15,19-21,24-27H2,1-6H3/q+1/t28-,29-,30+/m0/s1. The topological polar surface area (TPSA) is 0 Å². The highest BCUT2D eigenvalue weighted by atomic mass is 15.4. The maximum Gasteiger partial charge on any atom is 0.104 e. The first-order valence-corrected chi connectivity index (χ1v) is 14.4. The van der Waals surface area contributed by atoms with E-state index in [0.717, 1.165) is 17.8 Å². The molecule has 0 aliphatic carbocycles. The Hall–Kier alpha value is -0.820. The van der Waals surface area contributed by atoms with Gasteiger partial charge in [-0.15, -0.1) is 0 Å². The molecule has 32 heavy (non-hydrogen) atoms. The lowest BCUT2D eigenvalue weighted by Gasteiger charge is -2.45. The molecule has 186 valence electrons. The lowest BCUT2D eigenvalue weighted by molar-refractivity contribution is -0.950. The average molecular weight is 445 g/mol. The van der Waals surface area contributed by atoms with E-state index in [1.165, 1.54) is 108 Å². The fourth-order valence-electron chi connectivity index (χ4n) is 5.78. The second kappa shape index (κ2) is 17.6. The van der Waals surface area contributed by atoms with Crippen LogP contribution in [0.5, 0.6) is 0 Å². The van der Waals surface area contributed by atoms with Crippen LogP contribution in [0.15, 0.2) is 30.3 Å². The molecule has 0 fully saturated rings. The number of rotatable bonds is 20. The van der Waals surface area contributed by atoms with E-state index in [2.05, 4.69) is 71.9 Å². The predicted molar refractivity (Wildman–Crippen MR) is 145 cm³/mol. The summed E-state index contributed by atoms with van der Waals surface area (Å²) in [5, 5.41) is 0. The third-order valence-electron chi connectivity index (χ3n) is 7.93. The Bertz CT molecular complexity index is 491. The number of hydrogen-bond acceptors (Lipinski definition) is 0. The summed E-state index contributed by atoms with van der Waals surface area (Å²) in [6.45, 7) is 19.8. The van der Waals surface area contributed by atoms with Gasteiger partial charge in [0.15, 0.2) is 0 Å². The summed E-state index contributed by atoms with van der Waals surface area (Å²) < 4.78 is 1.33. The molecule has 0 heterocycles. The maximum atomic E-state index is 2.44. The van der Waals surface area contributed by atoms with Crippen LogP contribution in [0.3, 0.4) is 0 Å². The molecule has 1 aromatic carbocycles. The first-order chi connectivity index (χ1) is 15.6. The first-order valence-electron chi connectivity index (χ1n) is 14.4. The van der Waals surface area contributed by atoms with Crippen LogP contribution < -0.4 is 0 Å². The van der Waals surface area contributed by atoms with Gasteiger partial charge in [-0.1, -0.05) is 110 Å². The summed E-state index contributed by atoms with van der Waals surface area (Å²) in [4.78, 5) is 0. The molecule has 0 bridgehead atoms. The summed E-state index contributed by atoms with van der Waals surface area (Å²) in [6, 6.07) is 11.5. The zero-order valence-electron chi connectivity index (χ0n) is 22.9. The van der Waals surface area contributed by atoms with Crippen molar-refractivity contribution in [2.75, 3.05) is 19.6 Å². The van der Waals surface area contributed by atoms with Crippen molar-refractivity contribution >= 4 is 0 Å². The minimum Gasteiger partial charge on any atom is -0.319 e. The van der Waals surface area contributed by atoms with E-state index in [1.807, 2.05) is 0 Å². The minimum atomic E-state index is 0.867. The molecule has 0 saturated heterocycles. The highest BCUT2D eigenvalue weighted by Crippen LogP contribution is 2.30. The minimum absolute atomic E-state index is 0.867. The zero-order chi connectivity index (χ0) is 23.7. The quantitative estimate of drug-likeness (QED) is 0.176. The molecular formula is C31H58N+. The zero-order valence-corrected chi connectivity index (χ0v) is 22.9. The Kier molecular flexibility index (Phi) is 16.1. The van der Waals surface area contributed by atoms with Crippen LogP contribution in [0.2, 0.25) is 0 Å². The maximum absolute atomic E-state index is 2.44. The summed E-state index contributed by atoms with van der Waals surface area (Å²) in [6.07, 6.45) is 16.4. The van der Waals surface area contributed by atoms with Crippen LogP contribution in [0.25, 0.3) is 0 Å². The van der Waals surface area contributed by atoms with E-state index in [1.54, 1.807) is 5.56 Å². The predicted octanol–water partition coefficient (Wildman–Crippen LogP) is 9.65. The van der Waals surface area contributed by atoms with Gasteiger partial charge in [-0.3, -0.25) is 0 Å². The van der Waals surface area contributed by atoms with E-state index in [-0.39, 0.29) is 0 Å². The van der Waals surface area contributed by atoms with Crippen molar-refractivity contribution in [3.63, 3.8) is 0 Å². The summed E-state index contributed by atoms with van der Waals surface area (Å²) in [5.41, 5.74) is 1.55. The van der Waals surface area contributed by atoms with Gasteiger partial charge in [0, 0.05) is 23.3 Å². The molecule has 0 aliphatic rings. The van der Waals surface area contributed by atoms with Crippen LogP contribution in [0.4, 0.5) is 0 Å². The Morgan fingerprint density at radius 3 is 1.25 bits per heavy atom. The number of benzene rings is 1. The SMILES string of the molecule is CCCC[C@@H](CC)C[N+](Cc1ccccc1)(C[C@@H](CC)CCCC)C[C@@H](CC)CCCC. The molecule has 0 aliphatic heterocycles. The van der Waals surface area contributed by atoms with Gasteiger partial charge < -0.3 is 4.48 Å². The molecule has 0 saturated carbocycles. The van der Waals surface area contributed by atoms with Gasteiger partial charge in [-0.05, 0) is 38.5 Å². The second-order valence-corrected chi connectivity index (χ2v) is 10.8. The largest absolute Gasteiger partial charge is 0.319 e.